The van der Waals surface area contributed by atoms with Crippen LogP contribution in [0.3, 0.4) is 0 Å². The summed E-state index contributed by atoms with van der Waals surface area (Å²) in [7, 11) is 0. The van der Waals surface area contributed by atoms with Gasteiger partial charge in [-0.3, -0.25) is 0 Å². The molecule has 3 heteroatoms. The third kappa shape index (κ3) is 3.06. The quantitative estimate of drug-likeness (QED) is 0.779. The average Bonchev–Trinajstić information content (AvgIpc) is 3.16. The smallest absolute Gasteiger partial charge is 0.0107 e. The molecule has 3 rings (SSSR count). The Morgan fingerprint density at radius 3 is 2.67 bits per heavy atom. The van der Waals surface area contributed by atoms with Gasteiger partial charge in [0.25, 0.3) is 0 Å². The maximum absolute atomic E-state index is 5.90. The SMILES string of the molecule is NCC1CCCCC1NCC1CCN(C2CC2)C1. The summed E-state index contributed by atoms with van der Waals surface area (Å²) >= 11 is 0. The van der Waals surface area contributed by atoms with Gasteiger partial charge in [0.1, 0.15) is 0 Å². The van der Waals surface area contributed by atoms with Crippen molar-refractivity contribution in [3.05, 3.63) is 0 Å². The summed E-state index contributed by atoms with van der Waals surface area (Å²) in [6.45, 7) is 4.79. The molecule has 0 aromatic heterocycles. The van der Waals surface area contributed by atoms with E-state index < -0.39 is 0 Å². The van der Waals surface area contributed by atoms with E-state index in [1.165, 1.54) is 64.6 Å². The molecule has 1 saturated heterocycles. The second-order valence-electron chi connectivity index (χ2n) is 6.68. The van der Waals surface area contributed by atoms with Gasteiger partial charge in [-0.15, -0.1) is 0 Å². The molecule has 0 amide bonds. The second kappa shape index (κ2) is 5.89. The fourth-order valence-corrected chi connectivity index (χ4v) is 3.88. The summed E-state index contributed by atoms with van der Waals surface area (Å²) in [5.41, 5.74) is 5.90. The van der Waals surface area contributed by atoms with Crippen molar-refractivity contribution in [1.29, 1.82) is 0 Å². The first-order valence-corrected chi connectivity index (χ1v) is 8.04. The van der Waals surface area contributed by atoms with Gasteiger partial charge in [0.05, 0.1) is 0 Å². The minimum atomic E-state index is 0.707. The Morgan fingerprint density at radius 1 is 1.06 bits per heavy atom. The maximum atomic E-state index is 5.90. The molecular weight excluding hydrogens is 222 g/mol. The Bertz CT molecular complexity index is 264. The van der Waals surface area contributed by atoms with Gasteiger partial charge in [-0.05, 0) is 63.6 Å². The number of nitrogens with one attached hydrogen (secondary N) is 1. The summed E-state index contributed by atoms with van der Waals surface area (Å²) in [6, 6.07) is 1.67. The van der Waals surface area contributed by atoms with Gasteiger partial charge in [-0.1, -0.05) is 12.8 Å². The Morgan fingerprint density at radius 2 is 1.89 bits per heavy atom. The van der Waals surface area contributed by atoms with E-state index in [9.17, 15) is 0 Å². The molecule has 3 nitrogen and oxygen atoms in total. The highest BCUT2D eigenvalue weighted by atomic mass is 15.2. The van der Waals surface area contributed by atoms with Crippen LogP contribution in [-0.4, -0.2) is 43.2 Å². The maximum Gasteiger partial charge on any atom is 0.0107 e. The highest BCUT2D eigenvalue weighted by molar-refractivity contribution is 4.91. The predicted octanol–water partition coefficient (Wildman–Crippen LogP) is 1.58. The van der Waals surface area contributed by atoms with Gasteiger partial charge in [0.2, 0.25) is 0 Å². The zero-order valence-corrected chi connectivity index (χ0v) is 11.6. The largest absolute Gasteiger partial charge is 0.330 e. The lowest BCUT2D eigenvalue weighted by Crippen LogP contribution is -2.44. The van der Waals surface area contributed by atoms with Crippen LogP contribution in [0.2, 0.25) is 0 Å². The van der Waals surface area contributed by atoms with Crippen LogP contribution in [-0.2, 0) is 0 Å². The van der Waals surface area contributed by atoms with E-state index in [1.807, 2.05) is 0 Å². The highest BCUT2D eigenvalue weighted by Crippen LogP contribution is 2.31. The predicted molar refractivity (Wildman–Crippen MR) is 75.5 cm³/mol. The van der Waals surface area contributed by atoms with Crippen LogP contribution in [0.1, 0.15) is 44.9 Å². The van der Waals surface area contributed by atoms with E-state index in [2.05, 4.69) is 10.2 Å². The Kier molecular flexibility index (Phi) is 4.22. The fourth-order valence-electron chi connectivity index (χ4n) is 3.88. The molecule has 0 bridgehead atoms. The number of nitrogens with two attached hydrogens (primary N) is 1. The molecule has 3 N–H and O–H groups in total. The van der Waals surface area contributed by atoms with Gasteiger partial charge >= 0.3 is 0 Å². The molecule has 18 heavy (non-hydrogen) atoms. The first kappa shape index (κ1) is 12.9. The van der Waals surface area contributed by atoms with Crippen LogP contribution in [0.4, 0.5) is 0 Å². The first-order chi connectivity index (χ1) is 8.86. The lowest BCUT2D eigenvalue weighted by molar-refractivity contribution is 0.252. The van der Waals surface area contributed by atoms with E-state index in [-0.39, 0.29) is 0 Å². The fraction of sp³-hybridized carbons (Fsp3) is 1.00. The van der Waals surface area contributed by atoms with E-state index in [0.717, 1.165) is 24.4 Å². The lowest BCUT2D eigenvalue weighted by atomic mass is 9.84. The van der Waals surface area contributed by atoms with Gasteiger partial charge in [0, 0.05) is 18.6 Å². The Labute approximate surface area is 111 Å². The van der Waals surface area contributed by atoms with Crippen molar-refractivity contribution >= 4 is 0 Å². The van der Waals surface area contributed by atoms with E-state index in [0.29, 0.717) is 6.04 Å². The Balaban J connectivity index is 1.40. The summed E-state index contributed by atoms with van der Waals surface area (Å²) in [4.78, 5) is 2.72. The average molecular weight is 251 g/mol. The number of hydrogen-bond donors (Lipinski definition) is 2. The minimum Gasteiger partial charge on any atom is -0.330 e. The van der Waals surface area contributed by atoms with Crippen molar-refractivity contribution in [2.24, 2.45) is 17.6 Å². The van der Waals surface area contributed by atoms with E-state index in [4.69, 9.17) is 5.73 Å². The first-order valence-electron chi connectivity index (χ1n) is 8.04. The summed E-state index contributed by atoms with van der Waals surface area (Å²) < 4.78 is 0. The molecule has 3 fully saturated rings. The molecule has 3 aliphatic rings. The molecule has 2 aliphatic carbocycles. The monoisotopic (exact) mass is 251 g/mol. The van der Waals surface area contributed by atoms with E-state index in [1.54, 1.807) is 0 Å². The molecule has 0 radical (unpaired) electrons. The molecule has 1 heterocycles. The van der Waals surface area contributed by atoms with Gasteiger partial charge in [-0.2, -0.15) is 0 Å². The third-order valence-electron chi connectivity index (χ3n) is 5.26. The van der Waals surface area contributed by atoms with Gasteiger partial charge < -0.3 is 16.0 Å². The van der Waals surface area contributed by atoms with Crippen LogP contribution in [0, 0.1) is 11.8 Å². The van der Waals surface area contributed by atoms with Crippen LogP contribution in [0.25, 0.3) is 0 Å². The zero-order chi connectivity index (χ0) is 12.4. The molecule has 3 unspecified atom stereocenters. The zero-order valence-electron chi connectivity index (χ0n) is 11.6. The van der Waals surface area contributed by atoms with Gasteiger partial charge in [0.15, 0.2) is 0 Å². The third-order valence-corrected chi connectivity index (χ3v) is 5.26. The van der Waals surface area contributed by atoms with Crippen molar-refractivity contribution in [3.8, 4) is 0 Å². The topological polar surface area (TPSA) is 41.3 Å². The summed E-state index contributed by atoms with van der Waals surface area (Å²) in [6.07, 6.45) is 9.79. The molecule has 0 spiro atoms. The molecule has 0 aromatic carbocycles. The normalized spacial score (nSPS) is 38.2. The summed E-state index contributed by atoms with van der Waals surface area (Å²) in [5, 5.41) is 3.84. The molecular formula is C15H29N3. The van der Waals surface area contributed by atoms with Crippen LogP contribution >= 0.6 is 0 Å². The van der Waals surface area contributed by atoms with Crippen molar-refractivity contribution < 1.29 is 0 Å². The minimum absolute atomic E-state index is 0.707. The molecule has 104 valence electrons. The molecule has 1 aliphatic heterocycles. The number of likely N-dealkylation sites (tertiary alicyclic amines) is 1. The van der Waals surface area contributed by atoms with Crippen molar-refractivity contribution in [3.63, 3.8) is 0 Å². The standard InChI is InChI=1S/C15H29N3/c16-9-13-3-1-2-4-15(13)17-10-12-7-8-18(11-12)14-5-6-14/h12-15,17H,1-11,16H2. The molecule has 2 saturated carbocycles. The van der Waals surface area contributed by atoms with E-state index >= 15 is 0 Å². The molecule has 0 aromatic rings. The van der Waals surface area contributed by atoms with Crippen LogP contribution in [0.15, 0.2) is 0 Å². The van der Waals surface area contributed by atoms with Gasteiger partial charge in [-0.25, -0.2) is 0 Å². The Hall–Kier alpha value is -0.120. The molecule has 3 atom stereocenters. The number of nitrogens with zero attached hydrogens (tertiary/aromatic N) is 1. The van der Waals surface area contributed by atoms with Crippen molar-refractivity contribution in [2.75, 3.05) is 26.2 Å². The number of rotatable bonds is 5. The highest BCUT2D eigenvalue weighted by Gasteiger charge is 2.34. The van der Waals surface area contributed by atoms with Crippen LogP contribution in [0.5, 0.6) is 0 Å². The lowest BCUT2D eigenvalue weighted by Gasteiger charge is -2.32. The second-order valence-corrected chi connectivity index (χ2v) is 6.68. The van der Waals surface area contributed by atoms with Crippen molar-refractivity contribution in [1.82, 2.24) is 10.2 Å². The van der Waals surface area contributed by atoms with Crippen LogP contribution < -0.4 is 11.1 Å². The number of hydrogen-bond acceptors (Lipinski definition) is 3. The van der Waals surface area contributed by atoms with Crippen molar-refractivity contribution in [2.45, 2.75) is 57.0 Å². The summed E-state index contributed by atoms with van der Waals surface area (Å²) in [5.74, 6) is 1.63.